The Morgan fingerprint density at radius 1 is 0.925 bits per heavy atom. The molecule has 2 aromatic carbocycles. The third-order valence-corrected chi connectivity index (χ3v) is 9.27. The molecule has 4 fully saturated rings. The van der Waals surface area contributed by atoms with Crippen LogP contribution >= 0.6 is 0 Å². The molecule has 3 heterocycles. The van der Waals surface area contributed by atoms with Crippen molar-refractivity contribution in [2.75, 3.05) is 19.6 Å². The Morgan fingerprint density at radius 3 is 1.98 bits per heavy atom. The average molecular weight is 562 g/mol. The zero-order valence-corrected chi connectivity index (χ0v) is 22.8. The summed E-state index contributed by atoms with van der Waals surface area (Å²) in [7, 11) is 0. The van der Waals surface area contributed by atoms with Gasteiger partial charge in [-0.2, -0.15) is 13.2 Å². The molecule has 1 unspecified atom stereocenters. The fraction of sp³-hybridized carbons (Fsp3) is 0.548. The zero-order chi connectivity index (χ0) is 29.0. The molecule has 0 spiro atoms. The first-order valence-electron chi connectivity index (χ1n) is 14.2. The first-order valence-corrected chi connectivity index (χ1v) is 14.2. The second kappa shape index (κ2) is 12.3. The van der Waals surface area contributed by atoms with E-state index in [1.807, 2.05) is 30.3 Å². The van der Waals surface area contributed by atoms with Crippen molar-refractivity contribution < 1.29 is 42.2 Å². The lowest BCUT2D eigenvalue weighted by molar-refractivity contribution is -0.972. The number of carbonyl (C=O) groups excluding carboxylic acids is 2. The fourth-order valence-electron chi connectivity index (χ4n) is 6.85. The number of hydrogen-bond donors (Lipinski definition) is 1. The quantitative estimate of drug-likeness (QED) is 0.409. The Bertz CT molecular complexity index is 1130. The predicted molar refractivity (Wildman–Crippen MR) is 140 cm³/mol. The SMILES string of the molecule is CC(c1ccccc1)[N+]12CCC(CC1)[C@@H](OC(=O)[C@@](O)(c1ccccc1)C1CCCCC1)C2.O=C([O-])C(F)(F)F. The van der Waals surface area contributed by atoms with Crippen molar-refractivity contribution in [1.82, 2.24) is 0 Å². The van der Waals surface area contributed by atoms with E-state index < -0.39 is 23.7 Å². The summed E-state index contributed by atoms with van der Waals surface area (Å²) in [6.07, 6.45) is 1.91. The zero-order valence-electron chi connectivity index (χ0n) is 22.8. The molecule has 3 saturated heterocycles. The molecule has 0 amide bonds. The maximum absolute atomic E-state index is 13.8. The van der Waals surface area contributed by atoms with Gasteiger partial charge in [-0.1, -0.05) is 79.9 Å². The number of halogens is 3. The van der Waals surface area contributed by atoms with E-state index in [1.165, 1.54) is 12.0 Å². The minimum absolute atomic E-state index is 0.0754. The number of hydrogen-bond acceptors (Lipinski definition) is 5. The molecular weight excluding hydrogens is 523 g/mol. The van der Waals surface area contributed by atoms with Crippen LogP contribution in [-0.4, -0.2) is 53.4 Å². The summed E-state index contributed by atoms with van der Waals surface area (Å²) in [5.41, 5.74) is 0.486. The van der Waals surface area contributed by atoms with Crippen molar-refractivity contribution in [1.29, 1.82) is 0 Å². The van der Waals surface area contributed by atoms with Crippen LogP contribution in [0.2, 0.25) is 0 Å². The molecule has 0 aromatic heterocycles. The molecule has 1 N–H and O–H groups in total. The number of fused-ring (bicyclic) bond motifs is 3. The molecule has 3 aliphatic heterocycles. The van der Waals surface area contributed by atoms with Crippen LogP contribution in [0.25, 0.3) is 0 Å². The Balaban J connectivity index is 0.000000470. The van der Waals surface area contributed by atoms with Crippen molar-refractivity contribution in [3.8, 4) is 0 Å². The van der Waals surface area contributed by atoms with Gasteiger partial charge in [0, 0.05) is 30.2 Å². The second-order valence-electron chi connectivity index (χ2n) is 11.5. The van der Waals surface area contributed by atoms with E-state index in [4.69, 9.17) is 14.6 Å². The number of carboxylic acids is 1. The van der Waals surface area contributed by atoms with E-state index in [2.05, 4.69) is 37.3 Å². The number of benzene rings is 2. The highest BCUT2D eigenvalue weighted by atomic mass is 19.4. The predicted octanol–water partition coefficient (Wildman–Crippen LogP) is 4.67. The summed E-state index contributed by atoms with van der Waals surface area (Å²) in [6, 6.07) is 20.6. The van der Waals surface area contributed by atoms with Crippen LogP contribution < -0.4 is 5.11 Å². The van der Waals surface area contributed by atoms with E-state index in [9.17, 15) is 23.1 Å². The standard InChI is InChI=1S/C29H38NO3.C2HF3O2/c1-22(23-11-5-2-6-12-23)30-19-17-24(18-20-30)27(21-30)33-28(31)29(32,25-13-7-3-8-14-25)26-15-9-4-10-16-26;3-2(4,5)1(6)7/h2-3,5-8,11-14,22,24,26-27,32H,4,9-10,15-21H2,1H3;(H,6,7)/q+1;/p-1/t22?,24?,27-,29+,30?;/m0./s1. The topological polar surface area (TPSA) is 86.7 Å². The highest BCUT2D eigenvalue weighted by Crippen LogP contribution is 2.45. The van der Waals surface area contributed by atoms with Gasteiger partial charge >= 0.3 is 12.1 Å². The Hall–Kier alpha value is -2.91. The highest BCUT2D eigenvalue weighted by Gasteiger charge is 2.53. The van der Waals surface area contributed by atoms with Crippen LogP contribution in [0, 0.1) is 11.8 Å². The molecule has 3 atom stereocenters. The number of esters is 1. The third-order valence-electron chi connectivity index (χ3n) is 9.27. The second-order valence-corrected chi connectivity index (χ2v) is 11.5. The molecule has 40 heavy (non-hydrogen) atoms. The number of piperidine rings is 3. The van der Waals surface area contributed by atoms with Crippen LogP contribution in [0.15, 0.2) is 60.7 Å². The maximum Gasteiger partial charge on any atom is 0.430 e. The third kappa shape index (κ3) is 6.36. The summed E-state index contributed by atoms with van der Waals surface area (Å²) in [4.78, 5) is 22.6. The van der Waals surface area contributed by atoms with Crippen molar-refractivity contribution in [2.24, 2.45) is 11.8 Å². The lowest BCUT2D eigenvalue weighted by atomic mass is 9.73. The lowest BCUT2D eigenvalue weighted by Gasteiger charge is -2.55. The van der Waals surface area contributed by atoms with Crippen molar-refractivity contribution in [2.45, 2.75) is 75.8 Å². The Morgan fingerprint density at radius 2 is 1.45 bits per heavy atom. The Labute approximate surface area is 233 Å². The largest absolute Gasteiger partial charge is 0.542 e. The van der Waals surface area contributed by atoms with E-state index in [0.717, 1.165) is 62.6 Å². The number of aliphatic hydroxyl groups is 1. The van der Waals surface area contributed by atoms with Crippen molar-refractivity contribution in [3.63, 3.8) is 0 Å². The number of nitrogens with zero attached hydrogens (tertiary/aromatic N) is 1. The number of ether oxygens (including phenoxy) is 1. The van der Waals surface area contributed by atoms with Crippen LogP contribution in [0.3, 0.4) is 0 Å². The summed E-state index contributed by atoms with van der Waals surface area (Å²) in [5, 5.41) is 20.7. The van der Waals surface area contributed by atoms with Crippen molar-refractivity contribution in [3.05, 3.63) is 71.8 Å². The molecule has 1 saturated carbocycles. The smallest absolute Gasteiger partial charge is 0.430 e. The number of rotatable bonds is 6. The van der Waals surface area contributed by atoms with E-state index in [0.29, 0.717) is 17.5 Å². The summed E-state index contributed by atoms with van der Waals surface area (Å²) in [5.74, 6) is -3.10. The van der Waals surface area contributed by atoms with Gasteiger partial charge in [0.25, 0.3) is 0 Å². The van der Waals surface area contributed by atoms with Gasteiger partial charge in [-0.15, -0.1) is 0 Å². The van der Waals surface area contributed by atoms with Gasteiger partial charge < -0.3 is 24.2 Å². The summed E-state index contributed by atoms with van der Waals surface area (Å²) < 4.78 is 38.8. The van der Waals surface area contributed by atoms with Gasteiger partial charge in [0.05, 0.1) is 13.1 Å². The van der Waals surface area contributed by atoms with E-state index in [-0.39, 0.29) is 12.0 Å². The van der Waals surface area contributed by atoms with E-state index in [1.54, 1.807) is 0 Å². The minimum atomic E-state index is -5.19. The molecule has 6 nitrogen and oxygen atoms in total. The first-order chi connectivity index (χ1) is 19.0. The molecule has 6 rings (SSSR count). The van der Waals surface area contributed by atoms with Gasteiger partial charge in [-0.05, 0) is 25.3 Å². The lowest BCUT2D eigenvalue weighted by Crippen LogP contribution is -2.65. The van der Waals surface area contributed by atoms with Gasteiger partial charge in [0.1, 0.15) is 18.6 Å². The summed E-state index contributed by atoms with van der Waals surface area (Å²) >= 11 is 0. The summed E-state index contributed by atoms with van der Waals surface area (Å²) in [6.45, 7) is 5.45. The number of carbonyl (C=O) groups is 2. The van der Waals surface area contributed by atoms with Gasteiger partial charge in [0.15, 0.2) is 11.7 Å². The Kier molecular flexibility index (Phi) is 9.25. The van der Waals surface area contributed by atoms with Crippen LogP contribution in [0.4, 0.5) is 13.2 Å². The monoisotopic (exact) mass is 561 g/mol. The first kappa shape index (κ1) is 30.1. The van der Waals surface area contributed by atoms with Gasteiger partial charge in [0.2, 0.25) is 0 Å². The number of aliphatic carboxylic acids is 1. The fourth-order valence-corrected chi connectivity index (χ4v) is 6.85. The van der Waals surface area contributed by atoms with E-state index >= 15 is 0 Å². The van der Waals surface area contributed by atoms with Gasteiger partial charge in [-0.3, -0.25) is 0 Å². The maximum atomic E-state index is 13.8. The molecule has 0 radical (unpaired) electrons. The average Bonchev–Trinajstić information content (AvgIpc) is 2.98. The number of alkyl halides is 3. The molecule has 9 heteroatoms. The van der Waals surface area contributed by atoms with Crippen LogP contribution in [0.1, 0.15) is 69.0 Å². The number of carboxylic acid groups (broad SMARTS) is 1. The van der Waals surface area contributed by atoms with Crippen LogP contribution in [-0.2, 0) is 19.9 Å². The number of quaternary nitrogens is 1. The molecule has 2 bridgehead atoms. The molecule has 4 aliphatic rings. The molecule has 2 aromatic rings. The van der Waals surface area contributed by atoms with Crippen LogP contribution in [0.5, 0.6) is 0 Å². The molecule has 218 valence electrons. The normalized spacial score (nSPS) is 27.0. The highest BCUT2D eigenvalue weighted by molar-refractivity contribution is 5.81. The molecular formula is C31H38F3NO5. The minimum Gasteiger partial charge on any atom is -0.542 e. The van der Waals surface area contributed by atoms with Crippen molar-refractivity contribution >= 4 is 11.9 Å². The van der Waals surface area contributed by atoms with Gasteiger partial charge in [-0.25, -0.2) is 4.79 Å². The molecule has 1 aliphatic carbocycles.